The maximum atomic E-state index is 12.3. The van der Waals surface area contributed by atoms with Crippen LogP contribution in [0.1, 0.15) is 38.5 Å². The molecule has 0 bridgehead atoms. The molecule has 19 heavy (non-hydrogen) atoms. The Labute approximate surface area is 114 Å². The number of ether oxygens (including phenoxy) is 1. The van der Waals surface area contributed by atoms with Crippen molar-refractivity contribution in [3.05, 3.63) is 0 Å². The third-order valence-electron chi connectivity index (χ3n) is 4.86. The highest BCUT2D eigenvalue weighted by molar-refractivity contribution is 5.76. The number of carbonyl (C=O) groups is 1. The predicted molar refractivity (Wildman–Crippen MR) is 70.5 cm³/mol. The first kappa shape index (κ1) is 13.3. The van der Waals surface area contributed by atoms with Crippen molar-refractivity contribution in [3.8, 4) is 0 Å². The lowest BCUT2D eigenvalue weighted by Crippen LogP contribution is -2.48. The van der Waals surface area contributed by atoms with Gasteiger partial charge >= 0.3 is 0 Å². The third kappa shape index (κ3) is 2.78. The maximum Gasteiger partial charge on any atom is 0.225 e. The second-order valence-corrected chi connectivity index (χ2v) is 6.01. The van der Waals surface area contributed by atoms with Gasteiger partial charge < -0.3 is 14.5 Å². The molecule has 0 aromatic rings. The van der Waals surface area contributed by atoms with Gasteiger partial charge in [-0.25, -0.2) is 0 Å². The van der Waals surface area contributed by atoms with Crippen molar-refractivity contribution < 1.29 is 14.4 Å². The first-order valence-corrected chi connectivity index (χ1v) is 7.45. The molecule has 108 valence electrons. The van der Waals surface area contributed by atoms with Gasteiger partial charge in [0.15, 0.2) is 0 Å². The van der Waals surface area contributed by atoms with Gasteiger partial charge in [-0.2, -0.15) is 5.06 Å². The number of amides is 1. The van der Waals surface area contributed by atoms with Crippen molar-refractivity contribution in [1.29, 1.82) is 0 Å². The van der Waals surface area contributed by atoms with Crippen molar-refractivity contribution in [2.75, 3.05) is 33.3 Å². The lowest BCUT2D eigenvalue weighted by atomic mass is 9.78. The van der Waals surface area contributed by atoms with E-state index in [0.29, 0.717) is 6.42 Å². The van der Waals surface area contributed by atoms with Crippen LogP contribution in [0.2, 0.25) is 0 Å². The van der Waals surface area contributed by atoms with Crippen molar-refractivity contribution >= 4 is 5.91 Å². The molecule has 0 radical (unpaired) electrons. The van der Waals surface area contributed by atoms with Crippen LogP contribution in [0.3, 0.4) is 0 Å². The van der Waals surface area contributed by atoms with Crippen LogP contribution in [0.5, 0.6) is 0 Å². The number of nitrogens with zero attached hydrogens (tertiary/aromatic N) is 2. The minimum atomic E-state index is 0.160. The normalized spacial score (nSPS) is 30.6. The minimum absolute atomic E-state index is 0.160. The topological polar surface area (TPSA) is 42.0 Å². The predicted octanol–water partition coefficient (Wildman–Crippen LogP) is 1.18. The molecule has 0 N–H and O–H groups in total. The van der Waals surface area contributed by atoms with Gasteiger partial charge in [-0.1, -0.05) is 0 Å². The van der Waals surface area contributed by atoms with Crippen molar-refractivity contribution in [1.82, 2.24) is 9.96 Å². The van der Waals surface area contributed by atoms with E-state index < -0.39 is 0 Å². The molecule has 1 aliphatic carbocycles. The smallest absolute Gasteiger partial charge is 0.225 e. The van der Waals surface area contributed by atoms with E-state index in [-0.39, 0.29) is 17.6 Å². The molecule has 5 nitrogen and oxygen atoms in total. The van der Waals surface area contributed by atoms with E-state index in [1.165, 1.54) is 19.3 Å². The molecule has 2 aliphatic heterocycles. The fourth-order valence-electron chi connectivity index (χ4n) is 3.42. The average Bonchev–Trinajstić information content (AvgIpc) is 2.83. The summed E-state index contributed by atoms with van der Waals surface area (Å²) in [5.41, 5.74) is 0.166. The molecule has 5 heteroatoms. The highest BCUT2D eigenvalue weighted by Crippen LogP contribution is 2.46. The Kier molecular flexibility index (Phi) is 3.78. The van der Waals surface area contributed by atoms with Crippen LogP contribution in [0.4, 0.5) is 0 Å². The summed E-state index contributed by atoms with van der Waals surface area (Å²) in [6.07, 6.45) is 6.63. The maximum absolute atomic E-state index is 12.3. The van der Waals surface area contributed by atoms with E-state index in [4.69, 9.17) is 9.57 Å². The minimum Gasteiger partial charge on any atom is -0.371 e. The van der Waals surface area contributed by atoms with Crippen LogP contribution in [0, 0.1) is 0 Å². The molecule has 3 rings (SSSR count). The van der Waals surface area contributed by atoms with Gasteiger partial charge in [-0.05, 0) is 32.1 Å². The van der Waals surface area contributed by atoms with E-state index >= 15 is 0 Å². The van der Waals surface area contributed by atoms with E-state index in [1.54, 1.807) is 7.11 Å². The van der Waals surface area contributed by atoms with E-state index in [1.807, 2.05) is 9.96 Å². The molecular formula is C14H24N2O3. The molecule has 3 aliphatic rings. The fraction of sp³-hybridized carbons (Fsp3) is 0.929. The Morgan fingerprint density at radius 3 is 2.53 bits per heavy atom. The summed E-state index contributed by atoms with van der Waals surface area (Å²) >= 11 is 0. The SMILES string of the molecule is CON1CCN(C(=O)CC2CCC3(CCC3)O2)CC1. The second kappa shape index (κ2) is 5.38. The monoisotopic (exact) mass is 268 g/mol. The molecule has 0 aromatic heterocycles. The number of rotatable bonds is 3. The van der Waals surface area contributed by atoms with E-state index in [0.717, 1.165) is 39.0 Å². The zero-order valence-electron chi connectivity index (χ0n) is 11.8. The summed E-state index contributed by atoms with van der Waals surface area (Å²) in [5.74, 6) is 0.247. The first-order valence-electron chi connectivity index (χ1n) is 7.45. The quantitative estimate of drug-likeness (QED) is 0.771. The van der Waals surface area contributed by atoms with Crippen LogP contribution in [-0.4, -0.2) is 60.9 Å². The molecule has 1 spiro atoms. The van der Waals surface area contributed by atoms with Crippen LogP contribution >= 0.6 is 0 Å². The highest BCUT2D eigenvalue weighted by atomic mass is 16.7. The van der Waals surface area contributed by atoms with Crippen LogP contribution in [0.15, 0.2) is 0 Å². The van der Waals surface area contributed by atoms with Crippen molar-refractivity contribution in [3.63, 3.8) is 0 Å². The van der Waals surface area contributed by atoms with Gasteiger partial charge in [0.05, 0.1) is 25.2 Å². The number of hydrogen-bond acceptors (Lipinski definition) is 4. The number of piperazine rings is 1. The molecule has 0 aromatic carbocycles. The number of carbonyl (C=O) groups excluding carboxylic acids is 1. The molecule has 1 saturated carbocycles. The van der Waals surface area contributed by atoms with Crippen LogP contribution < -0.4 is 0 Å². The molecule has 1 unspecified atom stereocenters. The molecule has 1 atom stereocenters. The average molecular weight is 268 g/mol. The van der Waals surface area contributed by atoms with Crippen molar-refractivity contribution in [2.24, 2.45) is 0 Å². The summed E-state index contributed by atoms with van der Waals surface area (Å²) < 4.78 is 6.11. The van der Waals surface area contributed by atoms with E-state index in [2.05, 4.69) is 0 Å². The fourth-order valence-corrected chi connectivity index (χ4v) is 3.42. The van der Waals surface area contributed by atoms with E-state index in [9.17, 15) is 4.79 Å². The summed E-state index contributed by atoms with van der Waals surface area (Å²) in [6, 6.07) is 0. The summed E-state index contributed by atoms with van der Waals surface area (Å²) in [6.45, 7) is 3.14. The Morgan fingerprint density at radius 2 is 2.00 bits per heavy atom. The Bertz CT molecular complexity index is 336. The van der Waals surface area contributed by atoms with Crippen LogP contribution in [0.25, 0.3) is 0 Å². The molecule has 3 fully saturated rings. The summed E-state index contributed by atoms with van der Waals surface area (Å²) in [4.78, 5) is 19.4. The first-order chi connectivity index (χ1) is 9.21. The van der Waals surface area contributed by atoms with Crippen LogP contribution in [-0.2, 0) is 14.4 Å². The summed E-state index contributed by atoms with van der Waals surface area (Å²) in [5, 5.41) is 1.90. The van der Waals surface area contributed by atoms with Gasteiger partial charge in [0.1, 0.15) is 0 Å². The van der Waals surface area contributed by atoms with Crippen molar-refractivity contribution in [2.45, 2.75) is 50.2 Å². The standard InChI is InChI=1S/C14H24N2O3/c1-18-16-9-7-15(8-10-16)13(17)11-12-3-6-14(19-12)4-2-5-14/h12H,2-11H2,1H3. The lowest BCUT2D eigenvalue weighted by molar-refractivity contribution is -0.163. The number of hydroxylamine groups is 2. The molecule has 2 saturated heterocycles. The van der Waals surface area contributed by atoms with Gasteiger partial charge in [-0.3, -0.25) is 4.79 Å². The Morgan fingerprint density at radius 1 is 1.26 bits per heavy atom. The largest absolute Gasteiger partial charge is 0.371 e. The van der Waals surface area contributed by atoms with Gasteiger partial charge in [-0.15, -0.1) is 0 Å². The molecule has 1 amide bonds. The van der Waals surface area contributed by atoms with Gasteiger partial charge in [0, 0.05) is 26.2 Å². The number of hydrogen-bond donors (Lipinski definition) is 0. The molecular weight excluding hydrogens is 244 g/mol. The zero-order chi connectivity index (χ0) is 13.3. The Hall–Kier alpha value is -0.650. The second-order valence-electron chi connectivity index (χ2n) is 6.01. The highest BCUT2D eigenvalue weighted by Gasteiger charge is 2.45. The summed E-state index contributed by atoms with van der Waals surface area (Å²) in [7, 11) is 1.68. The Balaban J connectivity index is 1.44. The van der Waals surface area contributed by atoms with Gasteiger partial charge in [0.25, 0.3) is 0 Å². The van der Waals surface area contributed by atoms with Gasteiger partial charge in [0.2, 0.25) is 5.91 Å². The molecule has 2 heterocycles. The third-order valence-corrected chi connectivity index (χ3v) is 4.86. The lowest BCUT2D eigenvalue weighted by Gasteiger charge is -2.38. The zero-order valence-corrected chi connectivity index (χ0v) is 11.8.